The summed E-state index contributed by atoms with van der Waals surface area (Å²) >= 11 is 0. The average Bonchev–Trinajstić information content (AvgIpc) is 2.95. The van der Waals surface area contributed by atoms with Gasteiger partial charge in [0.2, 0.25) is 0 Å². The van der Waals surface area contributed by atoms with E-state index in [1.54, 1.807) is 0 Å². The summed E-state index contributed by atoms with van der Waals surface area (Å²) in [5.41, 5.74) is -1.22. The third kappa shape index (κ3) is 1.59. The van der Waals surface area contributed by atoms with E-state index in [0.29, 0.717) is 0 Å². The molecule has 1 aromatic carbocycles. The Labute approximate surface area is 93.7 Å². The highest BCUT2D eigenvalue weighted by Crippen LogP contribution is 2.45. The van der Waals surface area contributed by atoms with Crippen LogP contribution in [0.2, 0.25) is 0 Å². The Bertz CT molecular complexity index is 581. The minimum atomic E-state index is -4.72. The van der Waals surface area contributed by atoms with E-state index in [-0.39, 0.29) is 22.5 Å². The van der Waals surface area contributed by atoms with Crippen LogP contribution in [0.1, 0.15) is 29.9 Å². The Balaban J connectivity index is 2.35. The van der Waals surface area contributed by atoms with Gasteiger partial charge in [0.1, 0.15) is 16.9 Å². The van der Waals surface area contributed by atoms with Crippen molar-refractivity contribution in [2.24, 2.45) is 0 Å². The summed E-state index contributed by atoms with van der Waals surface area (Å²) in [7, 11) is 0. The first kappa shape index (κ1) is 10.6. The summed E-state index contributed by atoms with van der Waals surface area (Å²) in [5, 5.41) is 0. The zero-order valence-corrected chi connectivity index (χ0v) is 8.61. The first-order valence-electron chi connectivity index (χ1n) is 5.21. The molecule has 1 fully saturated rings. The van der Waals surface area contributed by atoms with Gasteiger partial charge < -0.3 is 4.98 Å². The molecule has 1 heterocycles. The smallest absolute Gasteiger partial charge is 0.345 e. The van der Waals surface area contributed by atoms with Crippen molar-refractivity contribution in [3.63, 3.8) is 0 Å². The van der Waals surface area contributed by atoms with Crippen molar-refractivity contribution in [1.29, 1.82) is 0 Å². The van der Waals surface area contributed by atoms with Crippen molar-refractivity contribution in [1.82, 2.24) is 9.97 Å². The van der Waals surface area contributed by atoms with E-state index in [2.05, 4.69) is 9.97 Å². The summed E-state index contributed by atoms with van der Waals surface area (Å²) < 4.78 is 52.4. The molecular weight excluding hydrogens is 236 g/mol. The molecule has 2 aromatic rings. The van der Waals surface area contributed by atoms with E-state index in [9.17, 15) is 17.6 Å². The number of alkyl halides is 3. The van der Waals surface area contributed by atoms with Gasteiger partial charge in [0.15, 0.2) is 0 Å². The van der Waals surface area contributed by atoms with Gasteiger partial charge in [-0.05, 0) is 30.4 Å². The molecule has 0 atom stereocenters. The number of hydrogen-bond acceptors (Lipinski definition) is 1. The van der Waals surface area contributed by atoms with Crippen LogP contribution in [0.5, 0.6) is 0 Å². The Hall–Kier alpha value is -1.59. The lowest BCUT2D eigenvalue weighted by Crippen LogP contribution is -2.11. The van der Waals surface area contributed by atoms with Gasteiger partial charge in [-0.3, -0.25) is 0 Å². The highest BCUT2D eigenvalue weighted by molar-refractivity contribution is 5.80. The molecule has 0 bridgehead atoms. The van der Waals surface area contributed by atoms with Crippen LogP contribution in [0.4, 0.5) is 17.6 Å². The largest absolute Gasteiger partial charge is 0.421 e. The molecule has 90 valence electrons. The molecule has 1 aliphatic rings. The van der Waals surface area contributed by atoms with Gasteiger partial charge in [-0.15, -0.1) is 0 Å². The maximum atomic E-state index is 13.9. The molecule has 3 rings (SSSR count). The molecule has 0 unspecified atom stereocenters. The number of nitrogens with zero attached hydrogens (tertiary/aromatic N) is 1. The lowest BCUT2D eigenvalue weighted by Gasteiger charge is -2.11. The molecule has 0 radical (unpaired) electrons. The van der Waals surface area contributed by atoms with Gasteiger partial charge in [-0.1, -0.05) is 0 Å². The number of aromatic nitrogens is 2. The quantitative estimate of drug-likeness (QED) is 0.763. The molecule has 1 saturated carbocycles. The Morgan fingerprint density at radius 1 is 1.29 bits per heavy atom. The second-order valence-electron chi connectivity index (χ2n) is 4.23. The number of imidazole rings is 1. The molecule has 1 aromatic heterocycles. The lowest BCUT2D eigenvalue weighted by molar-refractivity contribution is -0.138. The maximum Gasteiger partial charge on any atom is 0.421 e. The van der Waals surface area contributed by atoms with Crippen molar-refractivity contribution in [3.05, 3.63) is 29.3 Å². The third-order valence-electron chi connectivity index (χ3n) is 2.98. The van der Waals surface area contributed by atoms with Crippen LogP contribution in [0.25, 0.3) is 11.0 Å². The van der Waals surface area contributed by atoms with Gasteiger partial charge >= 0.3 is 6.18 Å². The van der Waals surface area contributed by atoms with Gasteiger partial charge in [-0.25, -0.2) is 9.37 Å². The van der Waals surface area contributed by atoms with Crippen LogP contribution in [0.3, 0.4) is 0 Å². The van der Waals surface area contributed by atoms with E-state index in [4.69, 9.17) is 0 Å². The van der Waals surface area contributed by atoms with Crippen molar-refractivity contribution >= 4 is 11.0 Å². The molecule has 6 heteroatoms. The van der Waals surface area contributed by atoms with E-state index in [0.717, 1.165) is 19.2 Å². The minimum Gasteiger partial charge on any atom is -0.345 e. The molecule has 0 spiro atoms. The average molecular weight is 244 g/mol. The standard InChI is InChI=1S/C11H8F4N2/c12-9-6(5-1-2-5)3-7-10(17-4-16-7)8(9)11(13,14)15/h3-5H,1-2H2,(H,16,17). The normalized spacial score (nSPS) is 16.7. The number of halogens is 4. The number of H-pyrrole nitrogens is 1. The molecule has 0 saturated heterocycles. The molecule has 2 nitrogen and oxygen atoms in total. The van der Waals surface area contributed by atoms with Crippen molar-refractivity contribution in [3.8, 4) is 0 Å². The first-order valence-corrected chi connectivity index (χ1v) is 5.21. The Kier molecular flexibility index (Phi) is 1.99. The summed E-state index contributed by atoms with van der Waals surface area (Å²) in [6.45, 7) is 0. The predicted octanol–water partition coefficient (Wildman–Crippen LogP) is 3.60. The number of hydrogen-bond donors (Lipinski definition) is 1. The number of aromatic amines is 1. The van der Waals surface area contributed by atoms with Crippen LogP contribution in [-0.4, -0.2) is 9.97 Å². The van der Waals surface area contributed by atoms with E-state index < -0.39 is 17.6 Å². The number of benzene rings is 1. The number of rotatable bonds is 1. The summed E-state index contributed by atoms with van der Waals surface area (Å²) in [4.78, 5) is 6.16. The van der Waals surface area contributed by atoms with Gasteiger partial charge in [0.25, 0.3) is 0 Å². The maximum absolute atomic E-state index is 13.9. The Morgan fingerprint density at radius 2 is 2.00 bits per heavy atom. The third-order valence-corrected chi connectivity index (χ3v) is 2.98. The molecule has 0 amide bonds. The van der Waals surface area contributed by atoms with E-state index in [1.807, 2.05) is 0 Å². The van der Waals surface area contributed by atoms with Crippen LogP contribution >= 0.6 is 0 Å². The summed E-state index contributed by atoms with van der Waals surface area (Å²) in [6, 6.07) is 1.44. The molecule has 1 aliphatic carbocycles. The second kappa shape index (κ2) is 3.21. The van der Waals surface area contributed by atoms with Crippen molar-refractivity contribution < 1.29 is 17.6 Å². The fraction of sp³-hybridized carbons (Fsp3) is 0.364. The molecule has 17 heavy (non-hydrogen) atoms. The SMILES string of the molecule is Fc1c(C2CC2)cc2[nH]cnc2c1C(F)(F)F. The fourth-order valence-corrected chi connectivity index (χ4v) is 2.03. The van der Waals surface area contributed by atoms with Crippen LogP contribution < -0.4 is 0 Å². The fourth-order valence-electron chi connectivity index (χ4n) is 2.03. The second-order valence-corrected chi connectivity index (χ2v) is 4.23. The molecular formula is C11H8F4N2. The molecule has 0 aliphatic heterocycles. The highest BCUT2D eigenvalue weighted by Gasteiger charge is 2.40. The predicted molar refractivity (Wildman–Crippen MR) is 53.0 cm³/mol. The monoisotopic (exact) mass is 244 g/mol. The molecule has 1 N–H and O–H groups in total. The summed E-state index contributed by atoms with van der Waals surface area (Å²) in [5.74, 6) is -1.25. The van der Waals surface area contributed by atoms with Crippen LogP contribution in [0, 0.1) is 5.82 Å². The number of fused-ring (bicyclic) bond motifs is 1. The zero-order chi connectivity index (χ0) is 12.2. The van der Waals surface area contributed by atoms with Crippen molar-refractivity contribution in [2.75, 3.05) is 0 Å². The van der Waals surface area contributed by atoms with E-state index >= 15 is 0 Å². The lowest BCUT2D eigenvalue weighted by atomic mass is 10.0. The summed E-state index contributed by atoms with van der Waals surface area (Å²) in [6.07, 6.45) is -2.08. The highest BCUT2D eigenvalue weighted by atomic mass is 19.4. The minimum absolute atomic E-state index is 0.0798. The van der Waals surface area contributed by atoms with Crippen molar-refractivity contribution in [2.45, 2.75) is 24.9 Å². The topological polar surface area (TPSA) is 28.7 Å². The van der Waals surface area contributed by atoms with E-state index in [1.165, 1.54) is 6.07 Å². The van der Waals surface area contributed by atoms with Gasteiger partial charge in [0.05, 0.1) is 11.8 Å². The van der Waals surface area contributed by atoms with Crippen LogP contribution in [0.15, 0.2) is 12.4 Å². The number of nitrogens with one attached hydrogen (secondary N) is 1. The van der Waals surface area contributed by atoms with Gasteiger partial charge in [0, 0.05) is 0 Å². The van der Waals surface area contributed by atoms with Crippen LogP contribution in [-0.2, 0) is 6.18 Å². The Morgan fingerprint density at radius 3 is 2.59 bits per heavy atom. The van der Waals surface area contributed by atoms with Gasteiger partial charge in [-0.2, -0.15) is 13.2 Å². The first-order chi connectivity index (χ1) is 7.98. The zero-order valence-electron chi connectivity index (χ0n) is 8.61.